The molecule has 1 nitrogen and oxygen atoms in total. The van der Waals surface area contributed by atoms with Crippen LogP contribution in [0.4, 0.5) is 0 Å². The van der Waals surface area contributed by atoms with Crippen LogP contribution in [-0.4, -0.2) is 13.1 Å². The molecule has 2 atom stereocenters. The number of piperidine rings is 1. The summed E-state index contributed by atoms with van der Waals surface area (Å²) in [6, 6.07) is 15.6. The summed E-state index contributed by atoms with van der Waals surface area (Å²) < 4.78 is 0. The lowest BCUT2D eigenvalue weighted by Crippen LogP contribution is -2.19. The maximum absolute atomic E-state index is 3.51. The molecule has 0 bridgehead atoms. The van der Waals surface area contributed by atoms with E-state index in [0.717, 1.165) is 5.92 Å². The molecule has 1 unspecified atom stereocenters. The van der Waals surface area contributed by atoms with Gasteiger partial charge in [0.25, 0.3) is 0 Å². The van der Waals surface area contributed by atoms with Crippen LogP contribution in [0.2, 0.25) is 0 Å². The van der Waals surface area contributed by atoms with E-state index < -0.39 is 0 Å². The van der Waals surface area contributed by atoms with E-state index in [1.54, 1.807) is 5.56 Å². The van der Waals surface area contributed by atoms with Gasteiger partial charge in [-0.3, -0.25) is 0 Å². The van der Waals surface area contributed by atoms with E-state index in [9.17, 15) is 0 Å². The minimum Gasteiger partial charge on any atom is -0.316 e. The zero-order chi connectivity index (χ0) is 10.6. The van der Waals surface area contributed by atoms with Gasteiger partial charge in [0.05, 0.1) is 0 Å². The molecule has 0 radical (unpaired) electrons. The Morgan fingerprint density at radius 1 is 1.06 bits per heavy atom. The van der Waals surface area contributed by atoms with Gasteiger partial charge in [-0.2, -0.15) is 0 Å². The molecule has 80 valence electrons. The first-order chi connectivity index (χ1) is 7.88. The van der Waals surface area contributed by atoms with Gasteiger partial charge in [-0.15, -0.1) is 0 Å². The van der Waals surface area contributed by atoms with Gasteiger partial charge in [-0.1, -0.05) is 42.5 Å². The van der Waals surface area contributed by atoms with Gasteiger partial charge in [0.1, 0.15) is 0 Å². The van der Waals surface area contributed by atoms with Crippen molar-refractivity contribution in [3.05, 3.63) is 48.0 Å². The Kier molecular flexibility index (Phi) is 1.57. The van der Waals surface area contributed by atoms with E-state index in [2.05, 4.69) is 47.8 Å². The van der Waals surface area contributed by atoms with Crippen LogP contribution < -0.4 is 5.32 Å². The standard InChI is InChI=1S/C15H15N/c1-2-4-12-7-13(6-5-11(12)3-1)15-8-14(15)9-16-10-15/h1-7,14,16H,8-10H2/t14?,15-/m1/s1. The average molecular weight is 209 g/mol. The first-order valence-electron chi connectivity index (χ1n) is 6.08. The van der Waals surface area contributed by atoms with Crippen molar-refractivity contribution in [1.29, 1.82) is 0 Å². The highest BCUT2D eigenvalue weighted by molar-refractivity contribution is 5.83. The Labute approximate surface area is 95.5 Å². The molecular weight excluding hydrogens is 194 g/mol. The minimum atomic E-state index is 0.490. The first kappa shape index (κ1) is 8.77. The third-order valence-corrected chi connectivity index (χ3v) is 4.39. The molecule has 1 heteroatoms. The molecule has 0 amide bonds. The van der Waals surface area contributed by atoms with Crippen molar-refractivity contribution in [2.24, 2.45) is 5.92 Å². The molecule has 1 N–H and O–H groups in total. The van der Waals surface area contributed by atoms with Crippen molar-refractivity contribution in [2.45, 2.75) is 11.8 Å². The summed E-state index contributed by atoms with van der Waals surface area (Å²) in [7, 11) is 0. The molecule has 1 saturated heterocycles. The molecule has 1 aliphatic carbocycles. The predicted octanol–water partition coefficient (Wildman–Crippen LogP) is 2.70. The molecule has 1 aliphatic heterocycles. The fourth-order valence-corrected chi connectivity index (χ4v) is 3.29. The second kappa shape index (κ2) is 2.86. The van der Waals surface area contributed by atoms with Crippen LogP contribution in [0, 0.1) is 5.92 Å². The smallest absolute Gasteiger partial charge is 0.0122 e. The Bertz CT molecular complexity index is 560. The number of hydrogen-bond donors (Lipinski definition) is 1. The van der Waals surface area contributed by atoms with E-state index in [4.69, 9.17) is 0 Å². The molecule has 0 spiro atoms. The quantitative estimate of drug-likeness (QED) is 0.761. The largest absolute Gasteiger partial charge is 0.316 e. The number of hydrogen-bond acceptors (Lipinski definition) is 1. The normalized spacial score (nSPS) is 31.6. The van der Waals surface area contributed by atoms with Gasteiger partial charge in [-0.05, 0) is 35.2 Å². The Morgan fingerprint density at radius 3 is 2.69 bits per heavy atom. The number of fused-ring (bicyclic) bond motifs is 2. The van der Waals surface area contributed by atoms with E-state index >= 15 is 0 Å². The average Bonchev–Trinajstić information content (AvgIpc) is 2.92. The summed E-state index contributed by atoms with van der Waals surface area (Å²) in [5, 5.41) is 6.24. The highest BCUT2D eigenvalue weighted by atomic mass is 15.0. The molecule has 0 aromatic heterocycles. The van der Waals surface area contributed by atoms with Crippen LogP contribution in [0.25, 0.3) is 10.8 Å². The molecule has 2 aliphatic rings. The topological polar surface area (TPSA) is 12.0 Å². The summed E-state index contributed by atoms with van der Waals surface area (Å²) in [5.74, 6) is 0.897. The van der Waals surface area contributed by atoms with Gasteiger partial charge < -0.3 is 5.32 Å². The second-order valence-corrected chi connectivity index (χ2v) is 5.25. The van der Waals surface area contributed by atoms with Gasteiger partial charge in [0, 0.05) is 12.0 Å². The summed E-state index contributed by atoms with van der Waals surface area (Å²) >= 11 is 0. The molecule has 1 saturated carbocycles. The fraction of sp³-hybridized carbons (Fsp3) is 0.333. The number of rotatable bonds is 1. The van der Waals surface area contributed by atoms with Gasteiger partial charge in [0.2, 0.25) is 0 Å². The number of nitrogens with one attached hydrogen (secondary N) is 1. The van der Waals surface area contributed by atoms with Crippen LogP contribution in [0.1, 0.15) is 12.0 Å². The van der Waals surface area contributed by atoms with Crippen molar-refractivity contribution in [3.8, 4) is 0 Å². The van der Waals surface area contributed by atoms with Gasteiger partial charge >= 0.3 is 0 Å². The van der Waals surface area contributed by atoms with Crippen molar-refractivity contribution in [2.75, 3.05) is 13.1 Å². The van der Waals surface area contributed by atoms with E-state index in [0.29, 0.717) is 5.41 Å². The molecule has 2 aromatic carbocycles. The van der Waals surface area contributed by atoms with Crippen molar-refractivity contribution >= 4 is 10.8 Å². The third kappa shape index (κ3) is 1.04. The summed E-state index contributed by atoms with van der Waals surface area (Å²) in [6.07, 6.45) is 1.39. The van der Waals surface area contributed by atoms with Crippen LogP contribution in [0.3, 0.4) is 0 Å². The Hall–Kier alpha value is -1.34. The Balaban J connectivity index is 1.87. The summed E-state index contributed by atoms with van der Waals surface area (Å²) in [4.78, 5) is 0. The SMILES string of the molecule is c1ccc2cc([C@@]34CNCC3C4)ccc2c1. The van der Waals surface area contributed by atoms with Crippen molar-refractivity contribution in [1.82, 2.24) is 5.32 Å². The zero-order valence-electron chi connectivity index (χ0n) is 9.24. The predicted molar refractivity (Wildman–Crippen MR) is 66.6 cm³/mol. The number of benzene rings is 2. The summed E-state index contributed by atoms with van der Waals surface area (Å²) in [6.45, 7) is 2.39. The van der Waals surface area contributed by atoms with E-state index in [1.807, 2.05) is 0 Å². The zero-order valence-corrected chi connectivity index (χ0v) is 9.24. The first-order valence-corrected chi connectivity index (χ1v) is 6.08. The lowest BCUT2D eigenvalue weighted by atomic mass is 9.93. The van der Waals surface area contributed by atoms with Crippen molar-refractivity contribution < 1.29 is 0 Å². The maximum atomic E-state index is 3.51. The highest BCUT2D eigenvalue weighted by Crippen LogP contribution is 2.56. The molecule has 16 heavy (non-hydrogen) atoms. The third-order valence-electron chi connectivity index (χ3n) is 4.39. The second-order valence-electron chi connectivity index (χ2n) is 5.25. The van der Waals surface area contributed by atoms with Crippen LogP contribution in [0.5, 0.6) is 0 Å². The fourth-order valence-electron chi connectivity index (χ4n) is 3.29. The van der Waals surface area contributed by atoms with Gasteiger partial charge in [-0.25, -0.2) is 0 Å². The molecule has 2 aromatic rings. The maximum Gasteiger partial charge on any atom is 0.0122 e. The van der Waals surface area contributed by atoms with Crippen LogP contribution >= 0.6 is 0 Å². The molecular formula is C15H15N. The van der Waals surface area contributed by atoms with E-state index in [1.165, 1.54) is 30.3 Å². The van der Waals surface area contributed by atoms with Gasteiger partial charge in [0.15, 0.2) is 0 Å². The molecule has 4 rings (SSSR count). The lowest BCUT2D eigenvalue weighted by Gasteiger charge is -2.13. The highest BCUT2D eigenvalue weighted by Gasteiger charge is 2.57. The minimum absolute atomic E-state index is 0.490. The Morgan fingerprint density at radius 2 is 1.94 bits per heavy atom. The van der Waals surface area contributed by atoms with Crippen LogP contribution in [0.15, 0.2) is 42.5 Å². The van der Waals surface area contributed by atoms with E-state index in [-0.39, 0.29) is 0 Å². The monoisotopic (exact) mass is 209 g/mol. The lowest BCUT2D eigenvalue weighted by molar-refractivity contribution is 0.676. The van der Waals surface area contributed by atoms with Crippen molar-refractivity contribution in [3.63, 3.8) is 0 Å². The van der Waals surface area contributed by atoms with Crippen LogP contribution in [-0.2, 0) is 5.41 Å². The molecule has 2 fully saturated rings. The molecule has 1 heterocycles. The summed E-state index contributed by atoms with van der Waals surface area (Å²) in [5.41, 5.74) is 2.03.